The third-order valence-electron chi connectivity index (χ3n) is 10.8. The standard InChI is InChI=1S/C46H54ClFN4O8S/c1-31(33-3-5-34(6-4-33)39-13-14-50-42-12-9-37(48)26-40(39)42)46(54)52-38-10-11-41(47)44(27-38)60-24-22-58-20-18-56-16-15-55-17-19-57-21-23-59-43-25-35(45-32(2)51-30-61-45)7-8-36(43)28-49-29-53/h7-14,25-27,29-31,33-34H,3-6,15-24,28H2,1-2H3,(H,49,53)(H,52,54)/t31-,33?,34?/m1/s1. The molecule has 1 aliphatic rings. The minimum absolute atomic E-state index is 0.0432. The van der Waals surface area contributed by atoms with E-state index in [0.717, 1.165) is 63.8 Å². The van der Waals surface area contributed by atoms with Gasteiger partial charge in [-0.05, 0) is 98.0 Å². The summed E-state index contributed by atoms with van der Waals surface area (Å²) in [5.74, 6) is 1.24. The Bertz CT molecular complexity index is 2170. The van der Waals surface area contributed by atoms with E-state index < -0.39 is 0 Å². The number of fused-ring (bicyclic) bond motifs is 1. The van der Waals surface area contributed by atoms with E-state index in [0.29, 0.717) is 101 Å². The summed E-state index contributed by atoms with van der Waals surface area (Å²) >= 11 is 7.97. The van der Waals surface area contributed by atoms with Crippen LogP contribution in [-0.4, -0.2) is 88.4 Å². The Morgan fingerprint density at radius 1 is 0.836 bits per heavy atom. The second-order valence-electron chi connectivity index (χ2n) is 14.8. The van der Waals surface area contributed by atoms with Crippen molar-refractivity contribution < 1.29 is 42.4 Å². The highest BCUT2D eigenvalue weighted by Gasteiger charge is 2.30. The van der Waals surface area contributed by atoms with Crippen LogP contribution in [0.2, 0.25) is 5.02 Å². The van der Waals surface area contributed by atoms with Gasteiger partial charge in [0.2, 0.25) is 12.3 Å². The first-order chi connectivity index (χ1) is 29.8. The molecule has 2 heterocycles. The number of halogens is 2. The van der Waals surface area contributed by atoms with Crippen molar-refractivity contribution in [2.45, 2.75) is 52.0 Å². The molecule has 6 rings (SSSR count). The first-order valence-electron chi connectivity index (χ1n) is 20.7. The molecule has 2 aromatic heterocycles. The Kier molecular flexibility index (Phi) is 18.1. The van der Waals surface area contributed by atoms with Gasteiger partial charge in [-0.25, -0.2) is 9.37 Å². The number of ether oxygens (including phenoxy) is 6. The zero-order valence-electron chi connectivity index (χ0n) is 34.7. The van der Waals surface area contributed by atoms with Gasteiger partial charge in [-0.3, -0.25) is 14.6 Å². The number of rotatable bonds is 25. The van der Waals surface area contributed by atoms with Crippen LogP contribution in [0.3, 0.4) is 0 Å². The Morgan fingerprint density at radius 3 is 2.16 bits per heavy atom. The first kappa shape index (κ1) is 45.8. The van der Waals surface area contributed by atoms with Gasteiger partial charge in [0, 0.05) is 41.4 Å². The highest BCUT2D eigenvalue weighted by atomic mass is 35.5. The molecule has 5 aromatic rings. The van der Waals surface area contributed by atoms with Crippen molar-refractivity contribution in [2.75, 3.05) is 71.4 Å². The van der Waals surface area contributed by atoms with E-state index in [4.69, 9.17) is 40.0 Å². The van der Waals surface area contributed by atoms with Crippen molar-refractivity contribution in [3.05, 3.63) is 100 Å². The Hall–Kier alpha value is -4.70. The second kappa shape index (κ2) is 24.1. The molecule has 0 spiro atoms. The number of nitrogens with one attached hydrogen (secondary N) is 2. The number of aryl methyl sites for hydroxylation is 1. The average molecular weight is 877 g/mol. The van der Waals surface area contributed by atoms with Crippen molar-refractivity contribution in [1.82, 2.24) is 15.3 Å². The number of pyridine rings is 1. The maximum atomic E-state index is 14.0. The molecule has 1 atom stereocenters. The number of carbonyl (C=O) groups excluding carboxylic acids is 2. The van der Waals surface area contributed by atoms with Gasteiger partial charge < -0.3 is 39.1 Å². The molecule has 61 heavy (non-hydrogen) atoms. The van der Waals surface area contributed by atoms with Gasteiger partial charge in [-0.2, -0.15) is 0 Å². The number of aromatic nitrogens is 2. The molecule has 0 aliphatic heterocycles. The second-order valence-corrected chi connectivity index (χ2v) is 16.1. The zero-order valence-corrected chi connectivity index (χ0v) is 36.2. The molecule has 3 aromatic carbocycles. The van der Waals surface area contributed by atoms with E-state index >= 15 is 0 Å². The maximum Gasteiger partial charge on any atom is 0.227 e. The molecule has 0 unspecified atom stereocenters. The number of nitrogens with zero attached hydrogens (tertiary/aromatic N) is 2. The van der Waals surface area contributed by atoms with Crippen LogP contribution in [-0.2, 0) is 35.1 Å². The quantitative estimate of drug-likeness (QED) is 0.0432. The smallest absolute Gasteiger partial charge is 0.227 e. The number of anilines is 1. The number of amides is 2. The number of thiazole rings is 1. The van der Waals surface area contributed by atoms with E-state index in [2.05, 4.69) is 20.6 Å². The van der Waals surface area contributed by atoms with Crippen molar-refractivity contribution in [1.29, 1.82) is 0 Å². The third kappa shape index (κ3) is 13.6. The maximum absolute atomic E-state index is 14.0. The summed E-state index contributed by atoms with van der Waals surface area (Å²) in [6.45, 7) is 8.19. The fourth-order valence-electron chi connectivity index (χ4n) is 7.48. The molecule has 0 radical (unpaired) electrons. The number of carbonyl (C=O) groups is 2. The third-order valence-corrected chi connectivity index (χ3v) is 12.1. The summed E-state index contributed by atoms with van der Waals surface area (Å²) in [4.78, 5) is 34.0. The molecule has 15 heteroatoms. The number of hydrogen-bond acceptors (Lipinski definition) is 11. The molecule has 2 N–H and O–H groups in total. The van der Waals surface area contributed by atoms with Gasteiger partial charge in [-0.15, -0.1) is 11.3 Å². The predicted molar refractivity (Wildman–Crippen MR) is 235 cm³/mol. The predicted octanol–water partition coefficient (Wildman–Crippen LogP) is 8.78. The van der Waals surface area contributed by atoms with E-state index in [1.54, 1.807) is 47.9 Å². The lowest BCUT2D eigenvalue weighted by Gasteiger charge is -2.32. The van der Waals surface area contributed by atoms with Gasteiger partial charge in [0.1, 0.15) is 30.5 Å². The molecule has 12 nitrogen and oxygen atoms in total. The van der Waals surface area contributed by atoms with Crippen LogP contribution in [0.15, 0.2) is 72.4 Å². The first-order valence-corrected chi connectivity index (χ1v) is 22.0. The minimum atomic E-state index is -0.257. The summed E-state index contributed by atoms with van der Waals surface area (Å²) in [7, 11) is 0. The molecular weight excluding hydrogens is 823 g/mol. The largest absolute Gasteiger partial charge is 0.491 e. The zero-order chi connectivity index (χ0) is 42.8. The molecule has 1 fully saturated rings. The van der Waals surface area contributed by atoms with Crippen molar-refractivity contribution in [2.24, 2.45) is 11.8 Å². The van der Waals surface area contributed by atoms with E-state index in [1.807, 2.05) is 43.6 Å². The van der Waals surface area contributed by atoms with Crippen molar-refractivity contribution in [3.8, 4) is 21.9 Å². The van der Waals surface area contributed by atoms with Crippen LogP contribution in [0.25, 0.3) is 21.3 Å². The fraction of sp³-hybridized carbons (Fsp3) is 0.435. The summed E-state index contributed by atoms with van der Waals surface area (Å²) in [5.41, 5.74) is 7.23. The SMILES string of the molecule is Cc1ncsc1-c1ccc(CNC=O)c(OCCOCCOCCOCCOCCOc2cc(NC(=O)[C@H](C)C3CCC(c4ccnc5ccc(F)cc45)CC3)ccc2Cl)c1. The van der Waals surface area contributed by atoms with Gasteiger partial charge >= 0.3 is 0 Å². The van der Waals surface area contributed by atoms with E-state index in [9.17, 15) is 14.0 Å². The average Bonchev–Trinajstić information content (AvgIpc) is 3.71. The summed E-state index contributed by atoms with van der Waals surface area (Å²) in [6.07, 6.45) is 6.17. The van der Waals surface area contributed by atoms with Crippen molar-refractivity contribution in [3.63, 3.8) is 0 Å². The molecule has 0 bridgehead atoms. The van der Waals surface area contributed by atoms with Crippen LogP contribution in [0.1, 0.15) is 55.3 Å². The summed E-state index contributed by atoms with van der Waals surface area (Å²) < 4.78 is 48.4. The van der Waals surface area contributed by atoms with Gasteiger partial charge in [0.05, 0.1) is 79.5 Å². The lowest BCUT2D eigenvalue weighted by molar-refractivity contribution is -0.121. The van der Waals surface area contributed by atoms with Crippen LogP contribution in [0.5, 0.6) is 11.5 Å². The molecule has 0 saturated heterocycles. The van der Waals surface area contributed by atoms with Crippen LogP contribution >= 0.6 is 22.9 Å². The summed E-state index contributed by atoms with van der Waals surface area (Å²) in [5, 5.41) is 7.05. The topological polar surface area (TPSA) is 139 Å². The fourth-order valence-corrected chi connectivity index (χ4v) is 8.45. The molecular formula is C46H54ClFN4O8S. The van der Waals surface area contributed by atoms with Gasteiger partial charge in [0.25, 0.3) is 0 Å². The van der Waals surface area contributed by atoms with Crippen LogP contribution < -0.4 is 20.1 Å². The van der Waals surface area contributed by atoms with Gasteiger partial charge in [0.15, 0.2) is 0 Å². The Balaban J connectivity index is 0.784. The number of hydrogen-bond donors (Lipinski definition) is 2. The molecule has 1 aliphatic carbocycles. The minimum Gasteiger partial charge on any atom is -0.491 e. The van der Waals surface area contributed by atoms with E-state index in [1.165, 1.54) is 6.07 Å². The highest BCUT2D eigenvalue weighted by Crippen LogP contribution is 2.41. The molecule has 1 saturated carbocycles. The highest BCUT2D eigenvalue weighted by molar-refractivity contribution is 7.13. The Morgan fingerprint density at radius 2 is 1.51 bits per heavy atom. The number of benzene rings is 3. The normalized spacial score (nSPS) is 15.7. The van der Waals surface area contributed by atoms with E-state index in [-0.39, 0.29) is 30.2 Å². The van der Waals surface area contributed by atoms with Crippen molar-refractivity contribution >= 4 is 51.8 Å². The van der Waals surface area contributed by atoms with Crippen LogP contribution in [0, 0.1) is 24.6 Å². The van der Waals surface area contributed by atoms with Gasteiger partial charge in [-0.1, -0.05) is 30.7 Å². The molecule has 326 valence electrons. The summed E-state index contributed by atoms with van der Waals surface area (Å²) in [6, 6.07) is 17.9. The lowest BCUT2D eigenvalue weighted by atomic mass is 9.73. The molecule has 2 amide bonds. The Labute approximate surface area is 365 Å². The lowest BCUT2D eigenvalue weighted by Crippen LogP contribution is -2.29. The van der Waals surface area contributed by atoms with Crippen LogP contribution in [0.4, 0.5) is 10.1 Å². The monoisotopic (exact) mass is 876 g/mol.